The van der Waals surface area contributed by atoms with Crippen molar-refractivity contribution in [2.75, 3.05) is 12.4 Å². The van der Waals surface area contributed by atoms with Crippen molar-refractivity contribution in [3.63, 3.8) is 0 Å². The van der Waals surface area contributed by atoms with Gasteiger partial charge in [-0.2, -0.15) is 0 Å². The van der Waals surface area contributed by atoms with E-state index in [-0.39, 0.29) is 17.9 Å². The van der Waals surface area contributed by atoms with Gasteiger partial charge < -0.3 is 15.8 Å². The maximum absolute atomic E-state index is 12.4. The number of amides is 1. The lowest BCUT2D eigenvalue weighted by Crippen LogP contribution is -2.30. The van der Waals surface area contributed by atoms with Crippen LogP contribution in [0.4, 0.5) is 5.69 Å². The van der Waals surface area contributed by atoms with Crippen molar-refractivity contribution in [3.05, 3.63) is 65.7 Å². The Labute approximate surface area is 131 Å². The number of nitrogens with two attached hydrogens (primary N) is 1. The molecular formula is C18H22N2O2. The molecule has 2 aromatic carbocycles. The molecule has 0 spiro atoms. The zero-order chi connectivity index (χ0) is 15.9. The van der Waals surface area contributed by atoms with Crippen molar-refractivity contribution in [1.29, 1.82) is 0 Å². The first kappa shape index (κ1) is 16.2. The topological polar surface area (TPSA) is 64.3 Å². The SMILES string of the molecule is COCc1cccc(NC(=O)C(C)C(N)c2ccccc2)c1. The highest BCUT2D eigenvalue weighted by Crippen LogP contribution is 2.21. The molecule has 4 heteroatoms. The van der Waals surface area contributed by atoms with Crippen molar-refractivity contribution in [2.45, 2.75) is 19.6 Å². The van der Waals surface area contributed by atoms with Gasteiger partial charge in [0.2, 0.25) is 5.91 Å². The first-order valence-corrected chi connectivity index (χ1v) is 7.31. The Bertz CT molecular complexity index is 613. The third kappa shape index (κ3) is 4.16. The van der Waals surface area contributed by atoms with Crippen LogP contribution in [0.3, 0.4) is 0 Å². The average Bonchev–Trinajstić information content (AvgIpc) is 2.55. The zero-order valence-electron chi connectivity index (χ0n) is 13.0. The summed E-state index contributed by atoms with van der Waals surface area (Å²) in [6, 6.07) is 16.9. The van der Waals surface area contributed by atoms with Gasteiger partial charge in [0.25, 0.3) is 0 Å². The van der Waals surface area contributed by atoms with Gasteiger partial charge >= 0.3 is 0 Å². The van der Waals surface area contributed by atoms with E-state index in [0.29, 0.717) is 6.61 Å². The molecule has 0 aliphatic heterocycles. The molecule has 2 aromatic rings. The van der Waals surface area contributed by atoms with E-state index in [4.69, 9.17) is 10.5 Å². The molecule has 0 heterocycles. The van der Waals surface area contributed by atoms with E-state index in [0.717, 1.165) is 16.8 Å². The largest absolute Gasteiger partial charge is 0.380 e. The van der Waals surface area contributed by atoms with E-state index in [1.165, 1.54) is 0 Å². The number of methoxy groups -OCH3 is 1. The minimum Gasteiger partial charge on any atom is -0.380 e. The number of hydrogen-bond acceptors (Lipinski definition) is 3. The molecule has 22 heavy (non-hydrogen) atoms. The van der Waals surface area contributed by atoms with Crippen LogP contribution in [-0.2, 0) is 16.1 Å². The number of benzene rings is 2. The van der Waals surface area contributed by atoms with Crippen LogP contribution in [0.25, 0.3) is 0 Å². The number of ether oxygens (including phenoxy) is 1. The Hall–Kier alpha value is -2.17. The molecule has 0 aliphatic rings. The lowest BCUT2D eigenvalue weighted by Gasteiger charge is -2.20. The predicted octanol–water partition coefficient (Wildman–Crippen LogP) is 3.11. The molecular weight excluding hydrogens is 276 g/mol. The zero-order valence-corrected chi connectivity index (χ0v) is 13.0. The first-order valence-electron chi connectivity index (χ1n) is 7.31. The predicted molar refractivity (Wildman–Crippen MR) is 88.3 cm³/mol. The summed E-state index contributed by atoms with van der Waals surface area (Å²) in [4.78, 5) is 12.4. The molecule has 2 rings (SSSR count). The second-order valence-corrected chi connectivity index (χ2v) is 5.35. The summed E-state index contributed by atoms with van der Waals surface area (Å²) >= 11 is 0. The van der Waals surface area contributed by atoms with Crippen LogP contribution < -0.4 is 11.1 Å². The maximum atomic E-state index is 12.4. The Balaban J connectivity index is 2.03. The fraction of sp³-hybridized carbons (Fsp3) is 0.278. The molecule has 0 radical (unpaired) electrons. The van der Waals surface area contributed by atoms with E-state index >= 15 is 0 Å². The summed E-state index contributed by atoms with van der Waals surface area (Å²) < 4.78 is 5.10. The van der Waals surface area contributed by atoms with E-state index < -0.39 is 0 Å². The number of carbonyl (C=O) groups excluding carboxylic acids is 1. The molecule has 0 aromatic heterocycles. The quantitative estimate of drug-likeness (QED) is 0.861. The molecule has 2 atom stereocenters. The minimum absolute atomic E-state index is 0.0917. The first-order chi connectivity index (χ1) is 10.6. The molecule has 3 N–H and O–H groups in total. The Morgan fingerprint density at radius 3 is 2.59 bits per heavy atom. The van der Waals surface area contributed by atoms with Gasteiger partial charge in [-0.3, -0.25) is 4.79 Å². The minimum atomic E-state index is -0.330. The van der Waals surface area contributed by atoms with Crippen LogP contribution in [-0.4, -0.2) is 13.0 Å². The molecule has 116 valence electrons. The molecule has 2 unspecified atom stereocenters. The van der Waals surface area contributed by atoms with Crippen LogP contribution in [0.15, 0.2) is 54.6 Å². The molecule has 4 nitrogen and oxygen atoms in total. The highest BCUT2D eigenvalue weighted by atomic mass is 16.5. The highest BCUT2D eigenvalue weighted by Gasteiger charge is 2.22. The van der Waals surface area contributed by atoms with Crippen LogP contribution in [0.1, 0.15) is 24.1 Å². The van der Waals surface area contributed by atoms with Crippen LogP contribution >= 0.6 is 0 Å². The van der Waals surface area contributed by atoms with E-state index in [9.17, 15) is 4.79 Å². The molecule has 0 fully saturated rings. The van der Waals surface area contributed by atoms with Crippen molar-refractivity contribution in [3.8, 4) is 0 Å². The van der Waals surface area contributed by atoms with E-state index in [1.54, 1.807) is 7.11 Å². The maximum Gasteiger partial charge on any atom is 0.229 e. The Morgan fingerprint density at radius 1 is 1.18 bits per heavy atom. The normalized spacial score (nSPS) is 13.4. The lowest BCUT2D eigenvalue weighted by molar-refractivity contribution is -0.120. The summed E-state index contributed by atoms with van der Waals surface area (Å²) in [5.74, 6) is -0.417. The van der Waals surface area contributed by atoms with Crippen molar-refractivity contribution >= 4 is 11.6 Å². The molecule has 0 bridgehead atoms. The summed E-state index contributed by atoms with van der Waals surface area (Å²) in [5.41, 5.74) is 8.92. The van der Waals surface area contributed by atoms with E-state index in [2.05, 4.69) is 5.32 Å². The Kier molecular flexibility index (Phi) is 5.69. The number of hydrogen-bond donors (Lipinski definition) is 2. The van der Waals surface area contributed by atoms with Gasteiger partial charge in [-0.25, -0.2) is 0 Å². The van der Waals surface area contributed by atoms with Gasteiger partial charge in [-0.1, -0.05) is 49.4 Å². The molecule has 0 aliphatic carbocycles. The number of nitrogens with one attached hydrogen (secondary N) is 1. The van der Waals surface area contributed by atoms with E-state index in [1.807, 2.05) is 61.5 Å². The van der Waals surface area contributed by atoms with Crippen LogP contribution in [0.2, 0.25) is 0 Å². The number of anilines is 1. The van der Waals surface area contributed by atoms with Gasteiger partial charge in [-0.05, 0) is 23.3 Å². The van der Waals surface area contributed by atoms with Gasteiger partial charge in [0, 0.05) is 18.8 Å². The summed E-state index contributed by atoms with van der Waals surface area (Å²) in [7, 11) is 1.65. The number of rotatable bonds is 6. The third-order valence-electron chi connectivity index (χ3n) is 3.64. The Morgan fingerprint density at radius 2 is 1.91 bits per heavy atom. The van der Waals surface area contributed by atoms with Crippen molar-refractivity contribution < 1.29 is 9.53 Å². The standard InChI is InChI=1S/C18H22N2O2/c1-13(17(19)15-8-4-3-5-9-15)18(21)20-16-10-6-7-14(11-16)12-22-2/h3-11,13,17H,12,19H2,1-2H3,(H,20,21). The third-order valence-corrected chi connectivity index (χ3v) is 3.64. The summed E-state index contributed by atoms with van der Waals surface area (Å²) in [6.45, 7) is 2.36. The average molecular weight is 298 g/mol. The van der Waals surface area contributed by atoms with Gasteiger partial charge in [0.15, 0.2) is 0 Å². The lowest BCUT2D eigenvalue weighted by atomic mass is 9.94. The van der Waals surface area contributed by atoms with Crippen LogP contribution in [0, 0.1) is 5.92 Å². The van der Waals surface area contributed by atoms with Crippen LogP contribution in [0.5, 0.6) is 0 Å². The summed E-state index contributed by atoms with van der Waals surface area (Å²) in [5, 5.41) is 2.92. The molecule has 0 saturated heterocycles. The second kappa shape index (κ2) is 7.73. The fourth-order valence-electron chi connectivity index (χ4n) is 2.29. The smallest absolute Gasteiger partial charge is 0.229 e. The molecule has 1 amide bonds. The van der Waals surface area contributed by atoms with Gasteiger partial charge in [-0.15, -0.1) is 0 Å². The monoisotopic (exact) mass is 298 g/mol. The number of carbonyl (C=O) groups is 1. The van der Waals surface area contributed by atoms with Crippen molar-refractivity contribution in [1.82, 2.24) is 0 Å². The highest BCUT2D eigenvalue weighted by molar-refractivity contribution is 5.92. The van der Waals surface area contributed by atoms with Crippen molar-refractivity contribution in [2.24, 2.45) is 11.7 Å². The summed E-state index contributed by atoms with van der Waals surface area (Å²) in [6.07, 6.45) is 0. The second-order valence-electron chi connectivity index (χ2n) is 5.35. The van der Waals surface area contributed by atoms with Gasteiger partial charge in [0.1, 0.15) is 0 Å². The fourth-order valence-corrected chi connectivity index (χ4v) is 2.29. The van der Waals surface area contributed by atoms with Gasteiger partial charge in [0.05, 0.1) is 12.5 Å². The molecule has 0 saturated carbocycles.